The van der Waals surface area contributed by atoms with Crippen LogP contribution in [0.3, 0.4) is 0 Å². The normalized spacial score (nSPS) is 17.6. The van der Waals surface area contributed by atoms with Gasteiger partial charge in [-0.15, -0.1) is 0 Å². The molecule has 6 heteroatoms. The highest BCUT2D eigenvalue weighted by atomic mass is 16.5. The highest BCUT2D eigenvalue weighted by Crippen LogP contribution is 2.40. The van der Waals surface area contributed by atoms with Crippen molar-refractivity contribution < 1.29 is 23.8 Å². The summed E-state index contributed by atoms with van der Waals surface area (Å²) in [7, 11) is 3.19. The van der Waals surface area contributed by atoms with Gasteiger partial charge >= 0.3 is 0 Å². The van der Waals surface area contributed by atoms with Gasteiger partial charge in [0.25, 0.3) is 5.91 Å². The third-order valence-electron chi connectivity index (χ3n) is 5.60. The second-order valence-electron chi connectivity index (χ2n) is 7.27. The fraction of sp³-hybridized carbons (Fsp3) is 0.364. The number of rotatable bonds is 3. The Morgan fingerprint density at radius 1 is 1.00 bits per heavy atom. The van der Waals surface area contributed by atoms with Crippen molar-refractivity contribution in [1.82, 2.24) is 4.90 Å². The van der Waals surface area contributed by atoms with Crippen molar-refractivity contribution in [2.45, 2.75) is 24.9 Å². The highest BCUT2D eigenvalue weighted by Gasteiger charge is 2.43. The minimum absolute atomic E-state index is 0.0123. The van der Waals surface area contributed by atoms with E-state index in [1.165, 1.54) is 0 Å². The number of ether oxygens (including phenoxy) is 3. The molecule has 0 bridgehead atoms. The topological polar surface area (TPSA) is 65.1 Å². The number of likely N-dealkylation sites (tertiary alicyclic amines) is 1. The van der Waals surface area contributed by atoms with Crippen LogP contribution < -0.4 is 14.2 Å². The van der Waals surface area contributed by atoms with Gasteiger partial charge in [-0.2, -0.15) is 0 Å². The Bertz CT molecular complexity index is 898. The van der Waals surface area contributed by atoms with Gasteiger partial charge in [0, 0.05) is 37.6 Å². The quantitative estimate of drug-likeness (QED) is 0.816. The number of hydrogen-bond acceptors (Lipinski definition) is 5. The molecule has 2 aliphatic rings. The molecule has 0 radical (unpaired) electrons. The molecule has 2 aromatic rings. The molecule has 146 valence electrons. The van der Waals surface area contributed by atoms with Crippen molar-refractivity contribution >= 4 is 11.7 Å². The lowest BCUT2D eigenvalue weighted by Gasteiger charge is -2.44. The zero-order valence-corrected chi connectivity index (χ0v) is 16.1. The molecule has 1 spiro atoms. The maximum Gasteiger partial charge on any atom is 0.253 e. The number of benzene rings is 2. The summed E-state index contributed by atoms with van der Waals surface area (Å²) in [5.41, 5.74) is 0.684. The third kappa shape index (κ3) is 3.30. The number of carbonyl (C=O) groups is 2. The van der Waals surface area contributed by atoms with E-state index in [1.54, 1.807) is 56.7 Å². The van der Waals surface area contributed by atoms with Crippen molar-refractivity contribution in [3.05, 3.63) is 53.6 Å². The van der Waals surface area contributed by atoms with Crippen molar-refractivity contribution in [2.75, 3.05) is 27.3 Å². The first-order valence-electron chi connectivity index (χ1n) is 9.37. The van der Waals surface area contributed by atoms with Gasteiger partial charge in [-0.1, -0.05) is 0 Å². The summed E-state index contributed by atoms with van der Waals surface area (Å²) < 4.78 is 16.7. The maximum absolute atomic E-state index is 12.8. The van der Waals surface area contributed by atoms with E-state index in [1.807, 2.05) is 4.90 Å². The average Bonchev–Trinajstić information content (AvgIpc) is 2.73. The molecule has 0 N–H and O–H groups in total. The van der Waals surface area contributed by atoms with Crippen molar-refractivity contribution in [3.63, 3.8) is 0 Å². The summed E-state index contributed by atoms with van der Waals surface area (Å²) >= 11 is 0. The zero-order valence-electron chi connectivity index (χ0n) is 16.1. The fourth-order valence-electron chi connectivity index (χ4n) is 3.91. The van der Waals surface area contributed by atoms with E-state index in [0.29, 0.717) is 55.0 Å². The van der Waals surface area contributed by atoms with Gasteiger partial charge in [0.2, 0.25) is 0 Å². The number of fused-ring (bicyclic) bond motifs is 1. The summed E-state index contributed by atoms with van der Waals surface area (Å²) in [6.45, 7) is 1.11. The molecule has 28 heavy (non-hydrogen) atoms. The molecule has 0 saturated carbocycles. The molecular weight excluding hydrogens is 358 g/mol. The van der Waals surface area contributed by atoms with Gasteiger partial charge < -0.3 is 19.1 Å². The van der Waals surface area contributed by atoms with Crippen LogP contribution in [0.15, 0.2) is 42.5 Å². The van der Waals surface area contributed by atoms with Crippen LogP contribution in [0.25, 0.3) is 0 Å². The van der Waals surface area contributed by atoms with E-state index in [0.717, 1.165) is 5.75 Å². The Morgan fingerprint density at radius 2 is 1.64 bits per heavy atom. The molecule has 4 rings (SSSR count). The number of nitrogens with zero attached hydrogens (tertiary/aromatic N) is 1. The van der Waals surface area contributed by atoms with E-state index in [2.05, 4.69) is 0 Å². The Kier molecular flexibility index (Phi) is 4.71. The molecule has 1 fully saturated rings. The first-order chi connectivity index (χ1) is 13.5. The molecular formula is C22H23NO5. The number of methoxy groups -OCH3 is 2. The molecule has 1 saturated heterocycles. The molecule has 1 amide bonds. The predicted molar refractivity (Wildman–Crippen MR) is 103 cm³/mol. The second-order valence-corrected chi connectivity index (χ2v) is 7.27. The molecule has 6 nitrogen and oxygen atoms in total. The fourth-order valence-corrected chi connectivity index (χ4v) is 3.91. The first kappa shape index (κ1) is 18.3. The smallest absolute Gasteiger partial charge is 0.253 e. The number of ketones is 1. The minimum atomic E-state index is -0.548. The van der Waals surface area contributed by atoms with Gasteiger partial charge in [-0.3, -0.25) is 9.59 Å². The van der Waals surface area contributed by atoms with Crippen molar-refractivity contribution in [3.8, 4) is 17.2 Å². The van der Waals surface area contributed by atoms with E-state index in [-0.39, 0.29) is 11.7 Å². The van der Waals surface area contributed by atoms with Gasteiger partial charge in [0.15, 0.2) is 5.78 Å². The molecule has 2 aromatic carbocycles. The monoisotopic (exact) mass is 381 g/mol. The standard InChI is InChI=1S/C22H23NO5/c1-26-16-5-3-15(4-6-16)21(25)23-11-9-22(10-12-23)14-19(24)18-8-7-17(27-2)13-20(18)28-22/h3-8,13H,9-12,14H2,1-2H3. The van der Waals surface area contributed by atoms with Gasteiger partial charge in [-0.25, -0.2) is 0 Å². The Hall–Kier alpha value is -3.02. The summed E-state index contributed by atoms with van der Waals surface area (Å²) in [6.07, 6.45) is 1.59. The van der Waals surface area contributed by atoms with Crippen LogP contribution in [-0.2, 0) is 0 Å². The predicted octanol–water partition coefficient (Wildman–Crippen LogP) is 3.34. The van der Waals surface area contributed by atoms with Crippen molar-refractivity contribution in [1.29, 1.82) is 0 Å². The average molecular weight is 381 g/mol. The molecule has 0 aromatic heterocycles. The lowest BCUT2D eigenvalue weighted by Crippen LogP contribution is -2.52. The number of Topliss-reactive ketones (excluding diaryl/α,β-unsaturated/α-hetero) is 1. The molecule has 0 aliphatic carbocycles. The SMILES string of the molecule is COc1ccc(C(=O)N2CCC3(CC2)CC(=O)c2ccc(OC)cc2O3)cc1. The maximum atomic E-state index is 12.8. The number of piperidine rings is 1. The number of amides is 1. The lowest BCUT2D eigenvalue weighted by molar-refractivity contribution is -0.00580. The van der Waals surface area contributed by atoms with Gasteiger partial charge in [0.05, 0.1) is 26.2 Å². The van der Waals surface area contributed by atoms with Crippen LogP contribution in [0.2, 0.25) is 0 Å². The Balaban J connectivity index is 1.47. The Morgan fingerprint density at radius 3 is 2.29 bits per heavy atom. The molecule has 0 atom stereocenters. The van der Waals surface area contributed by atoms with Crippen molar-refractivity contribution in [2.24, 2.45) is 0 Å². The lowest BCUT2D eigenvalue weighted by atomic mass is 9.82. The van der Waals surface area contributed by atoms with Crippen LogP contribution in [0.5, 0.6) is 17.2 Å². The first-order valence-corrected chi connectivity index (χ1v) is 9.37. The summed E-state index contributed by atoms with van der Waals surface area (Å²) in [5, 5.41) is 0. The van der Waals surface area contributed by atoms with Crippen LogP contribution in [0.1, 0.15) is 40.0 Å². The van der Waals surface area contributed by atoms with Gasteiger partial charge in [0.1, 0.15) is 22.8 Å². The second kappa shape index (κ2) is 7.19. The summed E-state index contributed by atoms with van der Waals surface area (Å²) in [4.78, 5) is 27.2. The number of hydrogen-bond donors (Lipinski definition) is 0. The van der Waals surface area contributed by atoms with Crippen LogP contribution in [-0.4, -0.2) is 49.5 Å². The van der Waals surface area contributed by atoms with E-state index < -0.39 is 5.60 Å². The number of carbonyl (C=O) groups excluding carboxylic acids is 2. The summed E-state index contributed by atoms with van der Waals surface area (Å²) in [6, 6.07) is 12.4. The third-order valence-corrected chi connectivity index (χ3v) is 5.60. The van der Waals surface area contributed by atoms with E-state index >= 15 is 0 Å². The highest BCUT2D eigenvalue weighted by molar-refractivity contribution is 6.00. The molecule has 0 unspecified atom stereocenters. The largest absolute Gasteiger partial charge is 0.497 e. The zero-order chi connectivity index (χ0) is 19.7. The Labute approximate surface area is 164 Å². The van der Waals surface area contributed by atoms with E-state index in [4.69, 9.17) is 14.2 Å². The van der Waals surface area contributed by atoms with E-state index in [9.17, 15) is 9.59 Å². The van der Waals surface area contributed by atoms with Crippen LogP contribution in [0.4, 0.5) is 0 Å². The molecule has 2 aliphatic heterocycles. The summed E-state index contributed by atoms with van der Waals surface area (Å²) in [5.74, 6) is 2.03. The van der Waals surface area contributed by atoms with Gasteiger partial charge in [-0.05, 0) is 36.4 Å². The van der Waals surface area contributed by atoms with Crippen LogP contribution >= 0.6 is 0 Å². The van der Waals surface area contributed by atoms with Crippen LogP contribution in [0, 0.1) is 0 Å². The minimum Gasteiger partial charge on any atom is -0.497 e. The molecule has 2 heterocycles.